The van der Waals surface area contributed by atoms with Crippen molar-refractivity contribution in [3.8, 4) is 0 Å². The summed E-state index contributed by atoms with van der Waals surface area (Å²) in [7, 11) is 0. The van der Waals surface area contributed by atoms with Gasteiger partial charge in [0.15, 0.2) is 0 Å². The van der Waals surface area contributed by atoms with Crippen molar-refractivity contribution in [2.24, 2.45) is 5.92 Å². The smallest absolute Gasteiger partial charge is 0.223 e. The molecule has 4 atom stereocenters. The third kappa shape index (κ3) is 5.16. The van der Waals surface area contributed by atoms with Crippen LogP contribution in [-0.2, 0) is 4.79 Å². The summed E-state index contributed by atoms with van der Waals surface area (Å²) >= 11 is 0. The zero-order valence-electron chi connectivity index (χ0n) is 21.0. The number of fused-ring (bicyclic) bond motifs is 3. The lowest BCUT2D eigenvalue weighted by molar-refractivity contribution is -0.128. The number of hydrogen-bond donors (Lipinski definition) is 1. The second-order valence-electron chi connectivity index (χ2n) is 10.7. The molecule has 1 amide bonds. The third-order valence-electron chi connectivity index (χ3n) is 8.67. The van der Waals surface area contributed by atoms with E-state index < -0.39 is 0 Å². The molecule has 5 nitrogen and oxygen atoms in total. The van der Waals surface area contributed by atoms with Crippen LogP contribution in [0.4, 0.5) is 0 Å². The van der Waals surface area contributed by atoms with Crippen LogP contribution in [0.3, 0.4) is 0 Å². The topological polar surface area (TPSA) is 50.2 Å². The number of hydrogen-bond acceptors (Lipinski definition) is 3. The van der Waals surface area contributed by atoms with Crippen LogP contribution in [0.25, 0.3) is 11.0 Å². The van der Waals surface area contributed by atoms with E-state index in [1.54, 1.807) is 0 Å². The van der Waals surface area contributed by atoms with Crippen molar-refractivity contribution < 1.29 is 4.79 Å². The molecule has 2 unspecified atom stereocenters. The zero-order valence-corrected chi connectivity index (χ0v) is 22.6. The second-order valence-corrected chi connectivity index (χ2v) is 10.7. The molecule has 2 bridgehead atoms. The first-order valence-corrected chi connectivity index (χ1v) is 13.2. The van der Waals surface area contributed by atoms with Crippen LogP contribution in [0.1, 0.15) is 74.8 Å². The Morgan fingerprint density at radius 2 is 1.61 bits per heavy atom. The average molecular weight is 530 g/mol. The molecule has 0 radical (unpaired) electrons. The summed E-state index contributed by atoms with van der Waals surface area (Å²) in [6.07, 6.45) is 9.24. The molecule has 2 aromatic carbocycles. The van der Waals surface area contributed by atoms with Gasteiger partial charge in [-0.1, -0.05) is 48.9 Å². The van der Waals surface area contributed by atoms with Crippen molar-refractivity contribution in [1.82, 2.24) is 19.8 Å². The number of imidazole rings is 1. The lowest BCUT2D eigenvalue weighted by atomic mass is 9.84. The quantitative estimate of drug-likeness (QED) is 0.385. The van der Waals surface area contributed by atoms with E-state index in [0.717, 1.165) is 37.1 Å². The minimum atomic E-state index is 0. The lowest BCUT2D eigenvalue weighted by Crippen LogP contribution is -2.45. The summed E-state index contributed by atoms with van der Waals surface area (Å²) in [5.41, 5.74) is 3.63. The highest BCUT2D eigenvalue weighted by molar-refractivity contribution is 5.85. The Morgan fingerprint density at radius 1 is 0.944 bits per heavy atom. The van der Waals surface area contributed by atoms with E-state index in [1.165, 1.54) is 43.2 Å². The van der Waals surface area contributed by atoms with Gasteiger partial charge in [-0.15, -0.1) is 24.8 Å². The van der Waals surface area contributed by atoms with Gasteiger partial charge in [0.25, 0.3) is 0 Å². The fourth-order valence-electron chi connectivity index (χ4n) is 6.69. The van der Waals surface area contributed by atoms with Crippen LogP contribution in [0.5, 0.6) is 0 Å². The van der Waals surface area contributed by atoms with Gasteiger partial charge in [0, 0.05) is 30.6 Å². The predicted molar refractivity (Wildman–Crippen MR) is 150 cm³/mol. The van der Waals surface area contributed by atoms with Gasteiger partial charge in [-0.05, 0) is 69.6 Å². The molecule has 1 aliphatic carbocycles. The van der Waals surface area contributed by atoms with Crippen LogP contribution in [0.2, 0.25) is 0 Å². The van der Waals surface area contributed by atoms with Gasteiger partial charge < -0.3 is 9.88 Å². The van der Waals surface area contributed by atoms with Crippen LogP contribution in [0, 0.1) is 12.8 Å². The van der Waals surface area contributed by atoms with E-state index in [2.05, 4.69) is 76.3 Å². The number of aryl methyl sites for hydroxylation is 1. The van der Waals surface area contributed by atoms with Gasteiger partial charge in [-0.25, -0.2) is 4.98 Å². The maximum Gasteiger partial charge on any atom is 0.223 e. The van der Waals surface area contributed by atoms with Crippen molar-refractivity contribution in [3.63, 3.8) is 0 Å². The number of nitrogens with zero attached hydrogens (tertiary/aromatic N) is 3. The molecule has 194 valence electrons. The van der Waals surface area contributed by atoms with Gasteiger partial charge in [0.05, 0.1) is 17.1 Å². The first-order chi connectivity index (χ1) is 16.7. The number of benzene rings is 2. The first-order valence-electron chi connectivity index (χ1n) is 13.2. The molecule has 1 aromatic heterocycles. The van der Waals surface area contributed by atoms with Gasteiger partial charge in [-0.3, -0.25) is 9.69 Å². The second kappa shape index (κ2) is 11.5. The SMILES string of the molecule is Cc1nc2ccccc2n1C1C[C@H]2CC[C@@H](C1)N2CCC(NC(=O)C1CCC1)c1ccccc1.Cl.Cl. The highest BCUT2D eigenvalue weighted by atomic mass is 35.5. The predicted octanol–water partition coefficient (Wildman–Crippen LogP) is 6.40. The zero-order chi connectivity index (χ0) is 23.1. The number of halogens is 2. The standard InChI is InChI=1S/C29H36N4O.2ClH/c1-20-30-27-12-5-6-13-28(27)33(20)25-18-23-14-15-24(19-25)32(23)17-16-26(21-8-3-2-4-9-21)31-29(34)22-10-7-11-22;;/h2-6,8-9,12-13,22-26H,7,10-11,14-19H2,1H3,(H,31,34);2*1H/t23-,24+,25?,26?;;. The first kappa shape index (κ1) is 27.0. The van der Waals surface area contributed by atoms with E-state index in [-0.39, 0.29) is 42.7 Å². The van der Waals surface area contributed by atoms with Crippen molar-refractivity contribution in [3.05, 3.63) is 66.0 Å². The van der Waals surface area contributed by atoms with E-state index >= 15 is 0 Å². The van der Waals surface area contributed by atoms with E-state index in [9.17, 15) is 4.79 Å². The maximum absolute atomic E-state index is 12.8. The largest absolute Gasteiger partial charge is 0.349 e. The molecule has 3 fully saturated rings. The highest BCUT2D eigenvalue weighted by Gasteiger charge is 2.42. The van der Waals surface area contributed by atoms with Crippen molar-refractivity contribution in [1.29, 1.82) is 0 Å². The Hall–Kier alpha value is -2.08. The average Bonchev–Trinajstić information content (AvgIpc) is 3.26. The van der Waals surface area contributed by atoms with Crippen molar-refractivity contribution in [2.75, 3.05) is 6.54 Å². The van der Waals surface area contributed by atoms with Gasteiger partial charge in [0.1, 0.15) is 5.82 Å². The number of nitrogens with one attached hydrogen (secondary N) is 1. The van der Waals surface area contributed by atoms with E-state index in [1.807, 2.05) is 0 Å². The molecule has 2 saturated heterocycles. The molecule has 1 saturated carbocycles. The van der Waals surface area contributed by atoms with E-state index in [0.29, 0.717) is 18.1 Å². The molecule has 2 aliphatic heterocycles. The Kier molecular flexibility index (Phi) is 8.64. The molecular formula is C29H38Cl2N4O. The summed E-state index contributed by atoms with van der Waals surface area (Å²) in [5.74, 6) is 1.62. The van der Waals surface area contributed by atoms with Gasteiger partial charge >= 0.3 is 0 Å². The van der Waals surface area contributed by atoms with E-state index in [4.69, 9.17) is 4.98 Å². The molecule has 36 heavy (non-hydrogen) atoms. The number of aromatic nitrogens is 2. The molecule has 1 N–H and O–H groups in total. The molecule has 0 spiro atoms. The van der Waals surface area contributed by atoms with Crippen LogP contribution < -0.4 is 5.32 Å². The normalized spacial score (nSPS) is 24.4. The van der Waals surface area contributed by atoms with Gasteiger partial charge in [-0.2, -0.15) is 0 Å². The highest BCUT2D eigenvalue weighted by Crippen LogP contribution is 2.42. The Labute approximate surface area is 226 Å². The summed E-state index contributed by atoms with van der Waals surface area (Å²) < 4.78 is 2.50. The maximum atomic E-state index is 12.8. The number of piperidine rings is 1. The molecule has 7 heteroatoms. The Balaban J connectivity index is 0.00000152. The number of para-hydroxylation sites is 2. The third-order valence-corrected chi connectivity index (χ3v) is 8.67. The number of carbonyl (C=O) groups is 1. The molecular weight excluding hydrogens is 491 g/mol. The summed E-state index contributed by atoms with van der Waals surface area (Å²) in [6.45, 7) is 3.21. The molecule has 3 aliphatic rings. The number of amides is 1. The minimum absolute atomic E-state index is 0. The summed E-state index contributed by atoms with van der Waals surface area (Å²) in [4.78, 5) is 20.4. The number of rotatable bonds is 7. The Morgan fingerprint density at radius 3 is 2.28 bits per heavy atom. The molecule has 6 rings (SSSR count). The Bertz CT molecular complexity index is 1150. The van der Waals surface area contributed by atoms with Crippen LogP contribution >= 0.6 is 24.8 Å². The summed E-state index contributed by atoms with van der Waals surface area (Å²) in [5, 5.41) is 3.41. The number of carbonyl (C=O) groups excluding carboxylic acids is 1. The van der Waals surface area contributed by atoms with Crippen LogP contribution in [-0.4, -0.2) is 39.0 Å². The van der Waals surface area contributed by atoms with Gasteiger partial charge in [0.2, 0.25) is 5.91 Å². The minimum Gasteiger partial charge on any atom is -0.349 e. The van der Waals surface area contributed by atoms with Crippen LogP contribution in [0.15, 0.2) is 54.6 Å². The fraction of sp³-hybridized carbons (Fsp3) is 0.517. The summed E-state index contributed by atoms with van der Waals surface area (Å²) in [6, 6.07) is 21.0. The lowest BCUT2D eigenvalue weighted by Gasteiger charge is -2.40. The molecule has 3 heterocycles. The van der Waals surface area contributed by atoms with Crippen molar-refractivity contribution in [2.45, 2.75) is 82.5 Å². The van der Waals surface area contributed by atoms with Crippen molar-refractivity contribution >= 4 is 41.8 Å². The fourth-order valence-corrected chi connectivity index (χ4v) is 6.69. The monoisotopic (exact) mass is 528 g/mol. The molecule has 3 aromatic rings.